The number of aromatic nitrogens is 2. The van der Waals surface area contributed by atoms with E-state index in [9.17, 15) is 14.9 Å². The molecule has 3 rings (SSSR count). The van der Waals surface area contributed by atoms with Gasteiger partial charge >= 0.3 is 0 Å². The van der Waals surface area contributed by atoms with E-state index in [1.165, 1.54) is 57.9 Å². The number of nitro groups is 1. The molecule has 0 saturated heterocycles. The highest BCUT2D eigenvalue weighted by atomic mass is 32.2. The molecule has 2 aromatic carbocycles. The summed E-state index contributed by atoms with van der Waals surface area (Å²) in [6.45, 7) is 10.9. The van der Waals surface area contributed by atoms with Crippen LogP contribution < -0.4 is 5.32 Å². The first-order valence-corrected chi connectivity index (χ1v) is 11.5. The summed E-state index contributed by atoms with van der Waals surface area (Å²) >= 11 is 2.89. The predicted molar refractivity (Wildman–Crippen MR) is 125 cm³/mol. The Balaban J connectivity index is 1.64. The van der Waals surface area contributed by atoms with Crippen molar-refractivity contribution in [3.8, 4) is 0 Å². The highest BCUT2D eigenvalue weighted by molar-refractivity contribution is 8.00. The molecule has 0 atom stereocenters. The van der Waals surface area contributed by atoms with Crippen molar-refractivity contribution in [1.82, 2.24) is 10.2 Å². The molecule has 3 aromatic rings. The maximum absolute atomic E-state index is 12.3. The van der Waals surface area contributed by atoms with Crippen molar-refractivity contribution in [3.63, 3.8) is 0 Å². The number of anilines is 1. The van der Waals surface area contributed by atoms with Crippen LogP contribution in [0, 0.1) is 24.0 Å². The largest absolute Gasteiger partial charge is 0.296 e. The fraction of sp³-hybridized carbons (Fsp3) is 0.318. The average molecular weight is 457 g/mol. The minimum atomic E-state index is -0.504. The summed E-state index contributed by atoms with van der Waals surface area (Å²) in [5.41, 5.74) is 5.49. The highest BCUT2D eigenvalue weighted by Crippen LogP contribution is 2.33. The lowest BCUT2D eigenvalue weighted by molar-refractivity contribution is -0.384. The maximum atomic E-state index is 12.3. The molecule has 1 aromatic heterocycles. The van der Waals surface area contributed by atoms with E-state index in [1.807, 2.05) is 0 Å². The Morgan fingerprint density at radius 2 is 1.74 bits per heavy atom. The van der Waals surface area contributed by atoms with Crippen LogP contribution in [-0.4, -0.2) is 21.0 Å². The number of nitro benzene ring substituents is 1. The number of non-ortho nitro benzene ring substituents is 1. The minimum absolute atomic E-state index is 0.0627. The van der Waals surface area contributed by atoms with Gasteiger partial charge in [-0.2, -0.15) is 0 Å². The van der Waals surface area contributed by atoms with Gasteiger partial charge in [-0.1, -0.05) is 56.0 Å². The molecule has 162 valence electrons. The molecular weight excluding hydrogens is 432 g/mol. The van der Waals surface area contributed by atoms with Crippen LogP contribution in [0.15, 0.2) is 40.7 Å². The molecule has 9 heteroatoms. The Bertz CT molecular complexity index is 1100. The second-order valence-electron chi connectivity index (χ2n) is 8.26. The average Bonchev–Trinajstić information content (AvgIpc) is 3.13. The lowest BCUT2D eigenvalue weighted by atomic mass is 9.84. The third kappa shape index (κ3) is 5.68. The molecule has 31 heavy (non-hydrogen) atoms. The van der Waals surface area contributed by atoms with E-state index >= 15 is 0 Å². The number of aryl methyl sites for hydroxylation is 2. The number of nitrogens with zero attached hydrogens (tertiary/aromatic N) is 3. The quantitative estimate of drug-likeness (QED) is 0.214. The number of hydrogen-bond acceptors (Lipinski definition) is 7. The molecule has 0 aliphatic carbocycles. The van der Waals surface area contributed by atoms with Crippen molar-refractivity contribution >= 4 is 39.8 Å². The second kappa shape index (κ2) is 9.15. The zero-order valence-electron chi connectivity index (χ0n) is 18.1. The first-order valence-electron chi connectivity index (χ1n) is 9.67. The normalized spacial score (nSPS) is 11.4. The van der Waals surface area contributed by atoms with Crippen molar-refractivity contribution in [2.75, 3.05) is 5.32 Å². The molecule has 0 bridgehead atoms. The van der Waals surface area contributed by atoms with Gasteiger partial charge < -0.3 is 0 Å². The predicted octanol–water partition coefficient (Wildman–Crippen LogP) is 5.91. The summed E-state index contributed by atoms with van der Waals surface area (Å²) in [4.78, 5) is 22.6. The van der Waals surface area contributed by atoms with E-state index in [4.69, 9.17) is 0 Å². The van der Waals surface area contributed by atoms with Crippen LogP contribution in [0.4, 0.5) is 10.8 Å². The molecule has 1 N–H and O–H groups in total. The summed E-state index contributed by atoms with van der Waals surface area (Å²) in [5.74, 6) is 0.388. The van der Waals surface area contributed by atoms with E-state index in [0.717, 1.165) is 10.1 Å². The van der Waals surface area contributed by atoms with Crippen LogP contribution in [0.25, 0.3) is 0 Å². The zero-order valence-corrected chi connectivity index (χ0v) is 19.7. The molecule has 1 heterocycles. The van der Waals surface area contributed by atoms with E-state index < -0.39 is 4.92 Å². The van der Waals surface area contributed by atoms with Crippen molar-refractivity contribution < 1.29 is 9.72 Å². The number of nitrogens with one attached hydrogen (secondary N) is 1. The van der Waals surface area contributed by atoms with E-state index in [0.29, 0.717) is 10.7 Å². The standard InChI is InChI=1S/C22H24N4O3S2/c1-13-10-16(22(3,4)5)11-14(2)18(13)12-30-21-25-24-20(31-21)23-19(27)15-6-8-17(9-7-15)26(28)29/h6-11H,12H2,1-5H3,(H,23,24,27). The Morgan fingerprint density at radius 3 is 2.29 bits per heavy atom. The lowest BCUT2D eigenvalue weighted by Crippen LogP contribution is -2.12. The van der Waals surface area contributed by atoms with Gasteiger partial charge in [0, 0.05) is 23.4 Å². The van der Waals surface area contributed by atoms with Gasteiger partial charge in [0.1, 0.15) is 0 Å². The molecule has 0 saturated carbocycles. The van der Waals surface area contributed by atoms with E-state index in [-0.39, 0.29) is 17.0 Å². The number of thioether (sulfide) groups is 1. The fourth-order valence-corrected chi connectivity index (χ4v) is 4.95. The van der Waals surface area contributed by atoms with Crippen molar-refractivity contribution in [1.29, 1.82) is 0 Å². The molecule has 0 aliphatic heterocycles. The number of carbonyl (C=O) groups is 1. The van der Waals surface area contributed by atoms with E-state index in [1.54, 1.807) is 11.8 Å². The molecule has 0 spiro atoms. The van der Waals surface area contributed by atoms with Gasteiger partial charge in [0.15, 0.2) is 4.34 Å². The molecule has 0 fully saturated rings. The van der Waals surface area contributed by atoms with Gasteiger partial charge in [0.05, 0.1) is 4.92 Å². The van der Waals surface area contributed by atoms with Gasteiger partial charge in [-0.15, -0.1) is 10.2 Å². The van der Waals surface area contributed by atoms with Crippen molar-refractivity contribution in [3.05, 3.63) is 74.3 Å². The van der Waals surface area contributed by atoms with Gasteiger partial charge in [-0.3, -0.25) is 20.2 Å². The topological polar surface area (TPSA) is 98.0 Å². The van der Waals surface area contributed by atoms with Crippen molar-refractivity contribution in [2.45, 2.75) is 50.1 Å². The number of benzene rings is 2. The van der Waals surface area contributed by atoms with Gasteiger partial charge in [-0.25, -0.2) is 0 Å². The fourth-order valence-electron chi connectivity index (χ4n) is 3.01. The zero-order chi connectivity index (χ0) is 22.8. The molecular formula is C22H24N4O3S2. The number of hydrogen-bond donors (Lipinski definition) is 1. The Morgan fingerprint density at radius 1 is 1.13 bits per heavy atom. The lowest BCUT2D eigenvalue weighted by Gasteiger charge is -2.22. The summed E-state index contributed by atoms with van der Waals surface area (Å²) in [5, 5.41) is 22.0. The SMILES string of the molecule is Cc1cc(C(C)(C)C)cc(C)c1CSc1nnc(NC(=O)c2ccc([N+](=O)[O-])cc2)s1. The van der Waals surface area contributed by atoms with Gasteiger partial charge in [0.2, 0.25) is 5.13 Å². The molecule has 0 unspecified atom stereocenters. The van der Waals surface area contributed by atoms with Crippen LogP contribution >= 0.6 is 23.1 Å². The first kappa shape index (κ1) is 22.9. The molecule has 1 amide bonds. The Labute approximate surface area is 189 Å². The van der Waals surface area contributed by atoms with Crippen LogP contribution in [-0.2, 0) is 11.2 Å². The number of rotatable bonds is 6. The highest BCUT2D eigenvalue weighted by Gasteiger charge is 2.17. The van der Waals surface area contributed by atoms with Crippen LogP contribution in [0.2, 0.25) is 0 Å². The Hall–Kier alpha value is -2.78. The number of amides is 1. The third-order valence-electron chi connectivity index (χ3n) is 4.87. The Kier molecular flexibility index (Phi) is 6.76. The second-order valence-corrected chi connectivity index (χ2v) is 10.5. The van der Waals surface area contributed by atoms with Crippen LogP contribution in [0.5, 0.6) is 0 Å². The van der Waals surface area contributed by atoms with Crippen molar-refractivity contribution in [2.24, 2.45) is 0 Å². The summed E-state index contributed by atoms with van der Waals surface area (Å²) < 4.78 is 0.762. The maximum Gasteiger partial charge on any atom is 0.269 e. The molecule has 0 aliphatic rings. The van der Waals surface area contributed by atoms with Gasteiger partial charge in [-0.05, 0) is 53.6 Å². The smallest absolute Gasteiger partial charge is 0.269 e. The monoisotopic (exact) mass is 456 g/mol. The molecule has 7 nitrogen and oxygen atoms in total. The van der Waals surface area contributed by atoms with E-state index in [2.05, 4.69) is 62.3 Å². The summed E-state index contributed by atoms with van der Waals surface area (Å²) in [6, 6.07) is 9.92. The number of carbonyl (C=O) groups excluding carboxylic acids is 1. The summed E-state index contributed by atoms with van der Waals surface area (Å²) in [6.07, 6.45) is 0. The van der Waals surface area contributed by atoms with Gasteiger partial charge in [0.25, 0.3) is 11.6 Å². The molecule has 0 radical (unpaired) electrons. The van der Waals surface area contributed by atoms with Crippen LogP contribution in [0.1, 0.15) is 53.4 Å². The first-order chi connectivity index (χ1) is 14.5. The van der Waals surface area contributed by atoms with Crippen LogP contribution in [0.3, 0.4) is 0 Å². The third-order valence-corrected chi connectivity index (χ3v) is 6.87. The summed E-state index contributed by atoms with van der Waals surface area (Å²) in [7, 11) is 0. The minimum Gasteiger partial charge on any atom is -0.296 e.